The molecule has 4 nitrogen and oxygen atoms in total. The maximum atomic E-state index is 12.4. The van der Waals surface area contributed by atoms with E-state index in [0.29, 0.717) is 0 Å². The van der Waals surface area contributed by atoms with Crippen LogP contribution in [0.5, 0.6) is 0 Å². The van der Waals surface area contributed by atoms with Crippen molar-refractivity contribution in [2.75, 3.05) is 0 Å². The van der Waals surface area contributed by atoms with E-state index in [-0.39, 0.29) is 12.4 Å². The number of ether oxygens (including phenoxy) is 1. The van der Waals surface area contributed by atoms with Gasteiger partial charge in [-0.25, -0.2) is 0 Å². The lowest BCUT2D eigenvalue weighted by molar-refractivity contribution is -0.155. The van der Waals surface area contributed by atoms with E-state index in [9.17, 15) is 4.79 Å². The van der Waals surface area contributed by atoms with Gasteiger partial charge >= 0.3 is 5.97 Å². The molecule has 0 aliphatic heterocycles. The Balaban J connectivity index is 2.37. The Labute approximate surface area is 139 Å². The van der Waals surface area contributed by atoms with Crippen LogP contribution in [0, 0.1) is 0 Å². The van der Waals surface area contributed by atoms with Crippen LogP contribution < -0.4 is 0 Å². The molecule has 118 valence electrons. The smallest absolute Gasteiger partial charge is 0.307 e. The number of hydrogen-bond acceptors (Lipinski definition) is 3. The third-order valence-corrected chi connectivity index (χ3v) is 3.97. The maximum absolute atomic E-state index is 12.4. The van der Waals surface area contributed by atoms with Crippen LogP contribution in [0.2, 0.25) is 0 Å². The van der Waals surface area contributed by atoms with Crippen molar-refractivity contribution < 1.29 is 9.53 Å². The van der Waals surface area contributed by atoms with Crippen LogP contribution in [0.15, 0.2) is 41.0 Å². The van der Waals surface area contributed by atoms with Gasteiger partial charge in [-0.3, -0.25) is 9.89 Å². The summed E-state index contributed by atoms with van der Waals surface area (Å²) < 4.78 is 6.47. The highest BCUT2D eigenvalue weighted by atomic mass is 79.9. The summed E-state index contributed by atoms with van der Waals surface area (Å²) in [5, 5.41) is 7.02. The summed E-state index contributed by atoms with van der Waals surface area (Å²) in [6.07, 6.45) is 1.93. The Morgan fingerprint density at radius 3 is 2.55 bits per heavy atom. The van der Waals surface area contributed by atoms with Gasteiger partial charge in [-0.2, -0.15) is 5.10 Å². The minimum Gasteiger partial charge on any atom is -0.460 e. The molecule has 22 heavy (non-hydrogen) atoms. The summed E-state index contributed by atoms with van der Waals surface area (Å²) in [5.41, 5.74) is 0.889. The molecule has 2 aromatic rings. The lowest BCUT2D eigenvalue weighted by Crippen LogP contribution is -2.32. The first kappa shape index (κ1) is 16.7. The van der Waals surface area contributed by atoms with Crippen molar-refractivity contribution in [2.45, 2.75) is 45.1 Å². The minimum atomic E-state index is -0.525. The van der Waals surface area contributed by atoms with Gasteiger partial charge in [0.1, 0.15) is 5.60 Å². The Morgan fingerprint density at radius 2 is 2.00 bits per heavy atom. The number of carbonyl (C=O) groups is 1. The fraction of sp³-hybridized carbons (Fsp3) is 0.412. The lowest BCUT2D eigenvalue weighted by atomic mass is 9.76. The highest BCUT2D eigenvalue weighted by molar-refractivity contribution is 9.10. The Bertz CT molecular complexity index is 647. The van der Waals surface area contributed by atoms with E-state index >= 15 is 0 Å². The fourth-order valence-electron chi connectivity index (χ4n) is 2.41. The molecule has 1 heterocycles. The number of halogens is 1. The van der Waals surface area contributed by atoms with E-state index in [0.717, 1.165) is 15.7 Å². The predicted molar refractivity (Wildman–Crippen MR) is 89.6 cm³/mol. The first-order valence-electron chi connectivity index (χ1n) is 7.18. The van der Waals surface area contributed by atoms with Crippen LogP contribution in [0.4, 0.5) is 0 Å². The topological polar surface area (TPSA) is 55.0 Å². The van der Waals surface area contributed by atoms with Crippen molar-refractivity contribution in [3.63, 3.8) is 0 Å². The molecule has 0 aliphatic rings. The molecule has 5 heteroatoms. The zero-order valence-electron chi connectivity index (χ0n) is 13.3. The van der Waals surface area contributed by atoms with E-state index in [4.69, 9.17) is 4.74 Å². The first-order valence-corrected chi connectivity index (χ1v) is 7.98. The van der Waals surface area contributed by atoms with Crippen LogP contribution >= 0.6 is 15.9 Å². The largest absolute Gasteiger partial charge is 0.460 e. The van der Waals surface area contributed by atoms with Crippen molar-refractivity contribution in [2.24, 2.45) is 0 Å². The number of aromatic amines is 1. The first-order chi connectivity index (χ1) is 10.2. The van der Waals surface area contributed by atoms with E-state index < -0.39 is 11.0 Å². The van der Waals surface area contributed by atoms with Crippen LogP contribution in [0.3, 0.4) is 0 Å². The van der Waals surface area contributed by atoms with E-state index in [1.54, 1.807) is 6.20 Å². The average Bonchev–Trinajstić information content (AvgIpc) is 2.90. The summed E-state index contributed by atoms with van der Waals surface area (Å²) >= 11 is 3.49. The second-order valence-electron chi connectivity index (χ2n) is 6.58. The summed E-state index contributed by atoms with van der Waals surface area (Å²) in [6.45, 7) is 7.64. The van der Waals surface area contributed by atoms with Crippen molar-refractivity contribution in [1.82, 2.24) is 10.2 Å². The number of hydrogen-bond donors (Lipinski definition) is 1. The fourth-order valence-corrected chi connectivity index (χ4v) is 2.81. The Hall–Kier alpha value is -1.62. The van der Waals surface area contributed by atoms with Crippen LogP contribution in [-0.2, 0) is 14.9 Å². The predicted octanol–water partition coefficient (Wildman–Crippen LogP) is 4.21. The van der Waals surface area contributed by atoms with Crippen molar-refractivity contribution in [3.8, 4) is 0 Å². The summed E-state index contributed by atoms with van der Waals surface area (Å²) in [6, 6.07) is 9.85. The van der Waals surface area contributed by atoms with Crippen molar-refractivity contribution in [3.05, 3.63) is 52.3 Å². The number of carbonyl (C=O) groups excluding carboxylic acids is 1. The molecule has 0 saturated carbocycles. The number of nitrogens with one attached hydrogen (secondary N) is 1. The number of H-pyrrole nitrogens is 1. The second kappa shape index (κ2) is 6.24. The molecule has 1 aromatic carbocycles. The normalized spacial score (nSPS) is 14.4. The third-order valence-electron chi connectivity index (χ3n) is 3.47. The molecule has 2 rings (SSSR count). The highest BCUT2D eigenvalue weighted by Gasteiger charge is 2.35. The monoisotopic (exact) mass is 364 g/mol. The molecule has 0 saturated heterocycles. The molecule has 1 atom stereocenters. The minimum absolute atomic E-state index is 0.232. The number of rotatable bonds is 4. The van der Waals surface area contributed by atoms with Gasteiger partial charge in [0.25, 0.3) is 0 Å². The molecule has 0 amide bonds. The standard InChI is InChI=1S/C17H21BrN2O2/c1-16(2,3)22-15(21)11-17(4,14-8-9-19-20-14)12-6-5-7-13(18)10-12/h5-10H,11H2,1-4H3,(H,19,20). The SMILES string of the molecule is CC(C)(C)OC(=O)CC(C)(c1cccc(Br)c1)c1ccn[nH]1. The van der Waals surface area contributed by atoms with Gasteiger partial charge in [-0.1, -0.05) is 28.1 Å². The number of esters is 1. The number of aromatic nitrogens is 2. The van der Waals surface area contributed by atoms with Gasteiger partial charge in [0.2, 0.25) is 0 Å². The van der Waals surface area contributed by atoms with Crippen LogP contribution in [0.1, 0.15) is 45.4 Å². The van der Waals surface area contributed by atoms with E-state index in [1.165, 1.54) is 0 Å². The van der Waals surface area contributed by atoms with Gasteiger partial charge in [-0.15, -0.1) is 0 Å². The van der Waals surface area contributed by atoms with E-state index in [1.807, 2.05) is 58.0 Å². The highest BCUT2D eigenvalue weighted by Crippen LogP contribution is 2.36. The Morgan fingerprint density at radius 1 is 1.27 bits per heavy atom. The molecule has 0 bridgehead atoms. The maximum Gasteiger partial charge on any atom is 0.307 e. The quantitative estimate of drug-likeness (QED) is 0.826. The Kier molecular flexibility index (Phi) is 4.75. The third kappa shape index (κ3) is 3.97. The van der Waals surface area contributed by atoms with Crippen molar-refractivity contribution >= 4 is 21.9 Å². The second-order valence-corrected chi connectivity index (χ2v) is 7.49. The molecule has 0 fully saturated rings. The number of nitrogens with zero attached hydrogens (tertiary/aromatic N) is 1. The summed E-state index contributed by atoms with van der Waals surface area (Å²) in [7, 11) is 0. The molecular formula is C17H21BrN2O2. The molecular weight excluding hydrogens is 344 g/mol. The molecule has 0 spiro atoms. The zero-order chi connectivity index (χ0) is 16.4. The van der Waals surface area contributed by atoms with Crippen molar-refractivity contribution in [1.29, 1.82) is 0 Å². The molecule has 1 N–H and O–H groups in total. The summed E-state index contributed by atoms with van der Waals surface area (Å²) in [4.78, 5) is 12.4. The van der Waals surface area contributed by atoms with Gasteiger partial charge < -0.3 is 4.74 Å². The van der Waals surface area contributed by atoms with Crippen LogP contribution in [-0.4, -0.2) is 21.8 Å². The zero-order valence-corrected chi connectivity index (χ0v) is 14.9. The van der Waals surface area contributed by atoms with Crippen LogP contribution in [0.25, 0.3) is 0 Å². The molecule has 0 radical (unpaired) electrons. The molecule has 1 aromatic heterocycles. The van der Waals surface area contributed by atoms with Gasteiger partial charge in [-0.05, 0) is 51.5 Å². The van der Waals surface area contributed by atoms with Gasteiger partial charge in [0.05, 0.1) is 6.42 Å². The lowest BCUT2D eigenvalue weighted by Gasteiger charge is -2.30. The van der Waals surface area contributed by atoms with Gasteiger partial charge in [0.15, 0.2) is 0 Å². The molecule has 1 unspecified atom stereocenters. The average molecular weight is 365 g/mol. The molecule has 0 aliphatic carbocycles. The number of benzene rings is 1. The van der Waals surface area contributed by atoms with E-state index in [2.05, 4.69) is 26.1 Å². The van der Waals surface area contributed by atoms with Gasteiger partial charge in [0, 0.05) is 21.8 Å². The summed E-state index contributed by atoms with van der Waals surface area (Å²) in [5.74, 6) is -0.232.